The van der Waals surface area contributed by atoms with Crippen molar-refractivity contribution in [1.29, 1.82) is 0 Å². The Morgan fingerprint density at radius 1 is 1.40 bits per heavy atom. The van der Waals surface area contributed by atoms with Gasteiger partial charge in [0.25, 0.3) is 0 Å². The summed E-state index contributed by atoms with van der Waals surface area (Å²) in [4.78, 5) is 3.90. The number of nitrogens with zero attached hydrogens (tertiary/aromatic N) is 1. The van der Waals surface area contributed by atoms with Gasteiger partial charge in [-0.3, -0.25) is 4.98 Å². The lowest BCUT2D eigenvalue weighted by Gasteiger charge is -2.07. The van der Waals surface area contributed by atoms with Crippen molar-refractivity contribution < 1.29 is 4.74 Å². The summed E-state index contributed by atoms with van der Waals surface area (Å²) in [5.41, 5.74) is 0.906. The van der Waals surface area contributed by atoms with Gasteiger partial charge in [-0.25, -0.2) is 0 Å². The van der Waals surface area contributed by atoms with E-state index in [4.69, 9.17) is 27.9 Å². The Labute approximate surface area is 99.7 Å². The zero-order chi connectivity index (χ0) is 10.9. The fourth-order valence-electron chi connectivity index (χ4n) is 1.07. The molecule has 0 aliphatic rings. The number of anilines is 1. The van der Waals surface area contributed by atoms with Crippen molar-refractivity contribution in [3.05, 3.63) is 23.5 Å². The molecule has 0 saturated carbocycles. The third kappa shape index (κ3) is 5.21. The van der Waals surface area contributed by atoms with E-state index in [0.29, 0.717) is 24.1 Å². The van der Waals surface area contributed by atoms with Gasteiger partial charge >= 0.3 is 0 Å². The topological polar surface area (TPSA) is 34.1 Å². The molecule has 0 spiro atoms. The maximum atomic E-state index is 5.91. The normalized spacial score (nSPS) is 10.3. The largest absolute Gasteiger partial charge is 0.384 e. The van der Waals surface area contributed by atoms with E-state index in [1.165, 1.54) is 0 Å². The zero-order valence-corrected chi connectivity index (χ0v) is 9.89. The van der Waals surface area contributed by atoms with E-state index in [2.05, 4.69) is 10.3 Å². The van der Waals surface area contributed by atoms with Crippen molar-refractivity contribution >= 4 is 28.9 Å². The van der Waals surface area contributed by atoms with Gasteiger partial charge in [0.2, 0.25) is 0 Å². The van der Waals surface area contributed by atoms with Crippen LogP contribution in [0.4, 0.5) is 5.69 Å². The molecule has 0 radical (unpaired) electrons. The van der Waals surface area contributed by atoms with Crippen LogP contribution in [0.15, 0.2) is 18.5 Å². The lowest BCUT2D eigenvalue weighted by Crippen LogP contribution is -2.07. The number of aromatic nitrogens is 1. The predicted molar refractivity (Wildman–Crippen MR) is 63.9 cm³/mol. The van der Waals surface area contributed by atoms with E-state index >= 15 is 0 Å². The van der Waals surface area contributed by atoms with Crippen molar-refractivity contribution in [2.24, 2.45) is 0 Å². The number of ether oxygens (including phenoxy) is 1. The Bertz CT molecular complexity index is 284. The molecular weight excluding hydrogens is 235 g/mol. The summed E-state index contributed by atoms with van der Waals surface area (Å²) >= 11 is 11.4. The van der Waals surface area contributed by atoms with Gasteiger partial charge in [-0.05, 0) is 12.5 Å². The lowest BCUT2D eigenvalue weighted by atomic mass is 10.3. The second kappa shape index (κ2) is 7.74. The van der Waals surface area contributed by atoms with E-state index in [1.807, 2.05) is 6.07 Å². The lowest BCUT2D eigenvalue weighted by molar-refractivity contribution is 0.149. The highest BCUT2D eigenvalue weighted by Crippen LogP contribution is 2.18. The Morgan fingerprint density at radius 2 is 2.27 bits per heavy atom. The van der Waals surface area contributed by atoms with Crippen LogP contribution >= 0.6 is 23.2 Å². The van der Waals surface area contributed by atoms with Crippen LogP contribution in [0.5, 0.6) is 0 Å². The first kappa shape index (κ1) is 12.6. The minimum Gasteiger partial charge on any atom is -0.384 e. The highest BCUT2D eigenvalue weighted by atomic mass is 35.5. The van der Waals surface area contributed by atoms with E-state index in [9.17, 15) is 0 Å². The second-order valence-electron chi connectivity index (χ2n) is 2.94. The number of pyridine rings is 1. The molecule has 1 heterocycles. The van der Waals surface area contributed by atoms with Crippen LogP contribution in [0.2, 0.25) is 5.02 Å². The average molecular weight is 249 g/mol. The first-order chi connectivity index (χ1) is 7.34. The number of alkyl halides is 1. The fourth-order valence-corrected chi connectivity index (χ4v) is 1.37. The van der Waals surface area contributed by atoms with E-state index in [-0.39, 0.29) is 0 Å². The first-order valence-corrected chi connectivity index (χ1v) is 5.73. The molecule has 0 aliphatic carbocycles. The molecule has 84 valence electrons. The maximum absolute atomic E-state index is 5.91. The summed E-state index contributed by atoms with van der Waals surface area (Å²) in [5, 5.41) is 3.84. The van der Waals surface area contributed by atoms with E-state index in [0.717, 1.165) is 18.7 Å². The highest BCUT2D eigenvalue weighted by molar-refractivity contribution is 6.33. The Morgan fingerprint density at radius 3 is 3.00 bits per heavy atom. The molecule has 15 heavy (non-hydrogen) atoms. The van der Waals surface area contributed by atoms with Crippen LogP contribution in [0.25, 0.3) is 0 Å². The quantitative estimate of drug-likeness (QED) is 0.596. The monoisotopic (exact) mass is 248 g/mol. The molecule has 1 N–H and O–H groups in total. The molecule has 0 amide bonds. The SMILES string of the molecule is ClCCOCCCNc1ccncc1Cl. The van der Waals surface area contributed by atoms with Crippen molar-refractivity contribution in [3.63, 3.8) is 0 Å². The predicted octanol–water partition coefficient (Wildman–Crippen LogP) is 2.79. The number of halogens is 2. The van der Waals surface area contributed by atoms with Crippen molar-refractivity contribution in [3.8, 4) is 0 Å². The van der Waals surface area contributed by atoms with Crippen LogP contribution in [-0.4, -0.2) is 30.6 Å². The Balaban J connectivity index is 2.12. The molecule has 0 fully saturated rings. The minimum atomic E-state index is 0.545. The van der Waals surface area contributed by atoms with E-state index < -0.39 is 0 Å². The molecule has 0 bridgehead atoms. The van der Waals surface area contributed by atoms with Crippen LogP contribution in [0, 0.1) is 0 Å². The average Bonchev–Trinajstić information content (AvgIpc) is 2.25. The third-order valence-corrected chi connectivity index (χ3v) is 2.23. The number of nitrogens with one attached hydrogen (secondary N) is 1. The number of rotatable bonds is 7. The molecule has 1 rings (SSSR count). The van der Waals surface area contributed by atoms with Crippen molar-refractivity contribution in [2.45, 2.75) is 6.42 Å². The van der Waals surface area contributed by atoms with Gasteiger partial charge in [0.15, 0.2) is 0 Å². The van der Waals surface area contributed by atoms with Crippen molar-refractivity contribution in [1.82, 2.24) is 4.98 Å². The van der Waals surface area contributed by atoms with Gasteiger partial charge in [-0.2, -0.15) is 0 Å². The van der Waals surface area contributed by atoms with Crippen LogP contribution in [0.1, 0.15) is 6.42 Å². The van der Waals surface area contributed by atoms with Gasteiger partial charge in [0.05, 0.1) is 17.3 Å². The van der Waals surface area contributed by atoms with Gasteiger partial charge in [0.1, 0.15) is 0 Å². The summed E-state index contributed by atoms with van der Waals surface area (Å²) in [6.45, 7) is 2.14. The van der Waals surface area contributed by atoms with Crippen LogP contribution in [-0.2, 0) is 4.74 Å². The van der Waals surface area contributed by atoms with Gasteiger partial charge < -0.3 is 10.1 Å². The minimum absolute atomic E-state index is 0.545. The third-order valence-electron chi connectivity index (χ3n) is 1.77. The molecule has 0 saturated heterocycles. The van der Waals surface area contributed by atoms with Gasteiger partial charge in [-0.15, -0.1) is 11.6 Å². The highest BCUT2D eigenvalue weighted by Gasteiger charge is 1.97. The second-order valence-corrected chi connectivity index (χ2v) is 3.72. The summed E-state index contributed by atoms with van der Waals surface area (Å²) in [5.74, 6) is 0.545. The molecule has 0 aromatic carbocycles. The molecule has 0 aliphatic heterocycles. The van der Waals surface area contributed by atoms with Crippen molar-refractivity contribution in [2.75, 3.05) is 31.0 Å². The molecule has 0 atom stereocenters. The Hall–Kier alpha value is -0.510. The number of hydrogen-bond donors (Lipinski definition) is 1. The molecule has 1 aromatic rings. The summed E-state index contributed by atoms with van der Waals surface area (Å²) in [6, 6.07) is 1.85. The van der Waals surface area contributed by atoms with Gasteiger partial charge in [-0.1, -0.05) is 11.6 Å². The molecule has 1 aromatic heterocycles. The molecular formula is C10H14Cl2N2O. The first-order valence-electron chi connectivity index (χ1n) is 4.81. The Kier molecular flexibility index (Phi) is 6.48. The van der Waals surface area contributed by atoms with Crippen LogP contribution in [0.3, 0.4) is 0 Å². The van der Waals surface area contributed by atoms with E-state index in [1.54, 1.807) is 12.4 Å². The van der Waals surface area contributed by atoms with Crippen LogP contribution < -0.4 is 5.32 Å². The van der Waals surface area contributed by atoms with Gasteiger partial charge in [0, 0.05) is 31.4 Å². The number of hydrogen-bond acceptors (Lipinski definition) is 3. The zero-order valence-electron chi connectivity index (χ0n) is 8.38. The smallest absolute Gasteiger partial charge is 0.0820 e. The standard InChI is InChI=1S/C10H14Cl2N2O/c11-3-7-15-6-1-4-14-10-2-5-13-8-9(10)12/h2,5,8H,1,3-4,6-7H2,(H,13,14). The summed E-state index contributed by atoms with van der Waals surface area (Å²) in [7, 11) is 0. The fraction of sp³-hybridized carbons (Fsp3) is 0.500. The summed E-state index contributed by atoms with van der Waals surface area (Å²) in [6.07, 6.45) is 4.25. The molecule has 0 unspecified atom stereocenters. The molecule has 3 nitrogen and oxygen atoms in total. The summed E-state index contributed by atoms with van der Waals surface area (Å²) < 4.78 is 5.23. The maximum Gasteiger partial charge on any atom is 0.0820 e. The molecule has 5 heteroatoms.